The molecule has 1 aliphatic heterocycles. The van der Waals surface area contributed by atoms with Crippen molar-refractivity contribution in [2.24, 2.45) is 0 Å². The Morgan fingerprint density at radius 3 is 2.00 bits per heavy atom. The van der Waals surface area contributed by atoms with Gasteiger partial charge in [-0.1, -0.05) is 30.3 Å². The fourth-order valence-corrected chi connectivity index (χ4v) is 4.16. The second kappa shape index (κ2) is 7.87. The fourth-order valence-electron chi connectivity index (χ4n) is 4.16. The Bertz CT molecular complexity index is 1040. The molecule has 29 heavy (non-hydrogen) atoms. The summed E-state index contributed by atoms with van der Waals surface area (Å²) >= 11 is 0. The summed E-state index contributed by atoms with van der Waals surface area (Å²) in [5.74, 6) is 3.13. The van der Waals surface area contributed by atoms with Crippen LogP contribution in [0.1, 0.15) is 11.7 Å². The van der Waals surface area contributed by atoms with Crippen molar-refractivity contribution in [3.63, 3.8) is 0 Å². The van der Waals surface area contributed by atoms with Crippen molar-refractivity contribution >= 4 is 22.4 Å². The van der Waals surface area contributed by atoms with Crippen LogP contribution in [-0.2, 0) is 0 Å². The maximum Gasteiger partial charge on any atom is 0.315 e. The van der Waals surface area contributed by atoms with Crippen LogP contribution in [0.4, 0.5) is 0 Å². The van der Waals surface area contributed by atoms with Crippen LogP contribution < -0.4 is 4.74 Å². The highest BCUT2D eigenvalue weighted by atomic mass is 16.5. The van der Waals surface area contributed by atoms with Gasteiger partial charge in [-0.15, -0.1) is 0 Å². The minimum atomic E-state index is -0.824. The molecular formula is C23H32N4O2+2. The summed E-state index contributed by atoms with van der Waals surface area (Å²) in [5, 5.41) is 13.8. The van der Waals surface area contributed by atoms with E-state index in [-0.39, 0.29) is 0 Å². The first-order chi connectivity index (χ1) is 13.6. The maximum atomic E-state index is 11.7. The van der Waals surface area contributed by atoms with Crippen molar-refractivity contribution in [1.82, 2.24) is 9.80 Å². The Morgan fingerprint density at radius 2 is 1.45 bits per heavy atom. The Morgan fingerprint density at radius 1 is 0.862 bits per heavy atom. The van der Waals surface area contributed by atoms with E-state index in [1.54, 1.807) is 0 Å². The second-order valence-corrected chi connectivity index (χ2v) is 8.17. The molecule has 0 aromatic heterocycles. The number of hydrogen-bond donors (Lipinski definition) is 1. The minimum Gasteiger partial charge on any atom is -0.448 e. The molecule has 2 aromatic carbocycles. The zero-order chi connectivity index (χ0) is 21.5. The van der Waals surface area contributed by atoms with E-state index in [9.17, 15) is 5.11 Å². The highest BCUT2D eigenvalue weighted by Gasteiger charge is 2.41. The molecular weight excluding hydrogens is 364 g/mol. The minimum absolute atomic E-state index is 0.660. The van der Waals surface area contributed by atoms with E-state index in [4.69, 9.17) is 4.74 Å². The van der Waals surface area contributed by atoms with Crippen molar-refractivity contribution in [1.29, 1.82) is 0 Å². The van der Waals surface area contributed by atoms with E-state index in [1.165, 1.54) is 0 Å². The first kappa shape index (κ1) is 20.9. The molecule has 6 heteroatoms. The number of benzene rings is 2. The van der Waals surface area contributed by atoms with Crippen molar-refractivity contribution in [2.45, 2.75) is 6.10 Å². The standard InChI is InChI=1S/C23H32N4O2/c1-24(2)22(25(3)4)19-20(28)18-16-12-10-9-11-15(16)13-14-17(18)29-21(19)23(26(5)6)27(7)8/h9-14,20,28H,1-8H3/q+2/t20-/m1/s1. The molecule has 1 aliphatic rings. The fraction of sp³-hybridized carbons (Fsp3) is 0.391. The Kier molecular flexibility index (Phi) is 5.66. The number of ether oxygens (including phenoxy) is 1. The van der Waals surface area contributed by atoms with Crippen LogP contribution in [0.5, 0.6) is 5.75 Å². The van der Waals surface area contributed by atoms with Gasteiger partial charge in [-0.2, -0.15) is 0 Å². The number of fused-ring (bicyclic) bond motifs is 3. The Hall–Kier alpha value is -2.86. The molecule has 0 radical (unpaired) electrons. The molecule has 154 valence electrons. The van der Waals surface area contributed by atoms with Gasteiger partial charge in [0.05, 0.1) is 56.4 Å². The van der Waals surface area contributed by atoms with Gasteiger partial charge >= 0.3 is 5.84 Å². The number of nitrogens with zero attached hydrogens (tertiary/aromatic N) is 4. The molecule has 0 saturated heterocycles. The van der Waals surface area contributed by atoms with Gasteiger partial charge in [-0.25, -0.2) is 0 Å². The second-order valence-electron chi connectivity index (χ2n) is 8.17. The van der Waals surface area contributed by atoms with E-state index in [1.807, 2.05) is 106 Å². The van der Waals surface area contributed by atoms with E-state index in [0.717, 1.165) is 33.6 Å². The predicted octanol–water partition coefficient (Wildman–Crippen LogP) is 1.98. The summed E-state index contributed by atoms with van der Waals surface area (Å²) in [6.45, 7) is 0. The summed E-state index contributed by atoms with van der Waals surface area (Å²) in [6.07, 6.45) is -0.824. The lowest BCUT2D eigenvalue weighted by molar-refractivity contribution is -0.471. The van der Waals surface area contributed by atoms with E-state index < -0.39 is 6.10 Å². The van der Waals surface area contributed by atoms with Gasteiger partial charge in [-0.3, -0.25) is 19.0 Å². The number of aliphatic hydroxyl groups excluding tert-OH is 1. The van der Waals surface area contributed by atoms with E-state index in [0.29, 0.717) is 11.5 Å². The number of rotatable bonds is 2. The smallest absolute Gasteiger partial charge is 0.315 e. The zero-order valence-corrected chi connectivity index (χ0v) is 18.7. The lowest BCUT2D eigenvalue weighted by Crippen LogP contribution is -2.41. The third kappa shape index (κ3) is 3.60. The SMILES string of the molecule is CN(C)C(C1=C(C(N(C)C)=[N+](C)C)[C@H](O)c2c(ccc3ccccc23)O1)=[N+](C)C. The summed E-state index contributed by atoms with van der Waals surface area (Å²) < 4.78 is 10.5. The third-order valence-corrected chi connectivity index (χ3v) is 5.07. The summed E-state index contributed by atoms with van der Waals surface area (Å²) in [5.41, 5.74) is 1.56. The molecule has 1 heterocycles. The van der Waals surface area contributed by atoms with Crippen molar-refractivity contribution in [3.8, 4) is 5.75 Å². The van der Waals surface area contributed by atoms with Crippen molar-refractivity contribution in [2.75, 3.05) is 56.4 Å². The quantitative estimate of drug-likeness (QED) is 0.479. The summed E-state index contributed by atoms with van der Waals surface area (Å²) in [6, 6.07) is 12.1. The van der Waals surface area contributed by atoms with Gasteiger partial charge < -0.3 is 9.84 Å². The van der Waals surface area contributed by atoms with Gasteiger partial charge in [0.2, 0.25) is 5.76 Å². The van der Waals surface area contributed by atoms with Crippen LogP contribution in [0.15, 0.2) is 47.7 Å². The van der Waals surface area contributed by atoms with Crippen LogP contribution >= 0.6 is 0 Å². The number of likely N-dealkylation sites (N-methyl/N-ethyl adjacent to an activating group) is 2. The molecule has 1 atom stereocenters. The van der Waals surface area contributed by atoms with Crippen molar-refractivity contribution in [3.05, 3.63) is 53.3 Å². The van der Waals surface area contributed by atoms with Crippen LogP contribution in [0.3, 0.4) is 0 Å². The van der Waals surface area contributed by atoms with E-state index in [2.05, 4.69) is 6.07 Å². The molecule has 1 N–H and O–H groups in total. The number of hydrogen-bond acceptors (Lipinski definition) is 2. The zero-order valence-electron chi connectivity index (χ0n) is 18.7. The summed E-state index contributed by atoms with van der Waals surface area (Å²) in [4.78, 5) is 4.03. The predicted molar refractivity (Wildman–Crippen MR) is 118 cm³/mol. The van der Waals surface area contributed by atoms with Gasteiger partial charge in [0, 0.05) is 5.56 Å². The average molecular weight is 397 g/mol. The van der Waals surface area contributed by atoms with Gasteiger partial charge in [0.1, 0.15) is 17.4 Å². The summed E-state index contributed by atoms with van der Waals surface area (Å²) in [7, 11) is 15.9. The maximum absolute atomic E-state index is 11.7. The van der Waals surface area contributed by atoms with Gasteiger partial charge in [-0.05, 0) is 16.8 Å². The topological polar surface area (TPSA) is 42.0 Å². The average Bonchev–Trinajstić information content (AvgIpc) is 2.62. The molecule has 0 fully saturated rings. The van der Waals surface area contributed by atoms with Crippen LogP contribution in [0.25, 0.3) is 10.8 Å². The van der Waals surface area contributed by atoms with Gasteiger partial charge in [0.15, 0.2) is 0 Å². The molecule has 0 saturated carbocycles. The Labute approximate surface area is 173 Å². The first-order valence-electron chi connectivity index (χ1n) is 9.70. The highest BCUT2D eigenvalue weighted by Crippen LogP contribution is 2.43. The van der Waals surface area contributed by atoms with E-state index >= 15 is 0 Å². The molecule has 0 aliphatic carbocycles. The molecule has 3 rings (SSSR count). The first-order valence-corrected chi connectivity index (χ1v) is 9.70. The molecule has 0 spiro atoms. The molecule has 0 amide bonds. The number of amidine groups is 2. The monoisotopic (exact) mass is 396 g/mol. The van der Waals surface area contributed by atoms with Crippen LogP contribution in [-0.4, -0.2) is 92.1 Å². The van der Waals surface area contributed by atoms with Crippen LogP contribution in [0, 0.1) is 0 Å². The molecule has 2 aromatic rings. The molecule has 0 bridgehead atoms. The largest absolute Gasteiger partial charge is 0.448 e. The third-order valence-electron chi connectivity index (χ3n) is 5.07. The molecule has 0 unspecified atom stereocenters. The normalized spacial score (nSPS) is 15.6. The van der Waals surface area contributed by atoms with Crippen LogP contribution in [0.2, 0.25) is 0 Å². The Balaban J connectivity index is 2.40. The lowest BCUT2D eigenvalue weighted by atomic mass is 9.90. The van der Waals surface area contributed by atoms with Gasteiger partial charge in [0.25, 0.3) is 5.84 Å². The number of aliphatic hydroxyl groups is 1. The molecule has 6 nitrogen and oxygen atoms in total. The van der Waals surface area contributed by atoms with Crippen molar-refractivity contribution < 1.29 is 19.0 Å². The highest BCUT2D eigenvalue weighted by molar-refractivity contribution is 6.07. The lowest BCUT2D eigenvalue weighted by Gasteiger charge is -2.30.